The highest BCUT2D eigenvalue weighted by Crippen LogP contribution is 2.21. The molecule has 3 heterocycles. The summed E-state index contributed by atoms with van der Waals surface area (Å²) in [6, 6.07) is 3.87. The second kappa shape index (κ2) is 4.00. The third-order valence-corrected chi connectivity index (χ3v) is 3.43. The van der Waals surface area contributed by atoms with Gasteiger partial charge < -0.3 is 10.0 Å². The molecule has 2 atom stereocenters. The second-order valence-electron chi connectivity index (χ2n) is 4.70. The van der Waals surface area contributed by atoms with Crippen LogP contribution in [0.1, 0.15) is 13.3 Å². The van der Waals surface area contributed by atoms with Gasteiger partial charge in [-0.2, -0.15) is 5.10 Å². The standard InChI is InChI=1S/C12H16N4O/c1-9-8-15(6-3-10(9)17)11-4-7-16-12(14-11)2-5-13-16/h2,4-5,7,9-10,17H,3,6,8H2,1H3. The molecule has 1 fully saturated rings. The fourth-order valence-electron chi connectivity index (χ4n) is 2.32. The summed E-state index contributed by atoms with van der Waals surface area (Å²) in [4.78, 5) is 6.79. The second-order valence-corrected chi connectivity index (χ2v) is 4.70. The number of fused-ring (bicyclic) bond motifs is 1. The highest BCUT2D eigenvalue weighted by Gasteiger charge is 2.24. The van der Waals surface area contributed by atoms with Crippen LogP contribution >= 0.6 is 0 Å². The Morgan fingerprint density at radius 1 is 1.41 bits per heavy atom. The molecule has 3 rings (SSSR count). The van der Waals surface area contributed by atoms with Crippen molar-refractivity contribution in [1.82, 2.24) is 14.6 Å². The lowest BCUT2D eigenvalue weighted by Crippen LogP contribution is -2.42. The minimum absolute atomic E-state index is 0.176. The van der Waals surface area contributed by atoms with Crippen molar-refractivity contribution in [2.45, 2.75) is 19.4 Å². The largest absolute Gasteiger partial charge is 0.393 e. The normalized spacial score (nSPS) is 25.4. The lowest BCUT2D eigenvalue weighted by atomic mass is 9.97. The molecule has 0 aliphatic carbocycles. The van der Waals surface area contributed by atoms with Gasteiger partial charge in [0.25, 0.3) is 0 Å². The number of aliphatic hydroxyl groups excluding tert-OH is 1. The van der Waals surface area contributed by atoms with Crippen LogP contribution in [0.5, 0.6) is 0 Å². The number of hydrogen-bond donors (Lipinski definition) is 1. The van der Waals surface area contributed by atoms with Gasteiger partial charge in [0.15, 0.2) is 5.65 Å². The Labute approximate surface area is 99.7 Å². The van der Waals surface area contributed by atoms with E-state index in [1.54, 1.807) is 10.7 Å². The zero-order chi connectivity index (χ0) is 11.8. The molecule has 90 valence electrons. The van der Waals surface area contributed by atoms with Crippen LogP contribution in [-0.2, 0) is 0 Å². The molecule has 2 aromatic rings. The zero-order valence-electron chi connectivity index (χ0n) is 9.82. The molecule has 0 radical (unpaired) electrons. The molecule has 0 aromatic carbocycles. The van der Waals surface area contributed by atoms with Crippen LogP contribution in [0, 0.1) is 5.92 Å². The van der Waals surface area contributed by atoms with E-state index in [1.807, 2.05) is 18.3 Å². The van der Waals surface area contributed by atoms with Crippen LogP contribution in [0.2, 0.25) is 0 Å². The summed E-state index contributed by atoms with van der Waals surface area (Å²) < 4.78 is 1.76. The predicted molar refractivity (Wildman–Crippen MR) is 65.0 cm³/mol. The van der Waals surface area contributed by atoms with Crippen LogP contribution in [-0.4, -0.2) is 38.9 Å². The van der Waals surface area contributed by atoms with Gasteiger partial charge >= 0.3 is 0 Å². The maximum absolute atomic E-state index is 9.72. The number of aromatic nitrogens is 3. The Morgan fingerprint density at radius 3 is 3.12 bits per heavy atom. The van der Waals surface area contributed by atoms with E-state index in [1.165, 1.54) is 0 Å². The molecule has 5 nitrogen and oxygen atoms in total. The van der Waals surface area contributed by atoms with E-state index < -0.39 is 0 Å². The van der Waals surface area contributed by atoms with E-state index in [2.05, 4.69) is 21.9 Å². The minimum Gasteiger partial charge on any atom is -0.393 e. The summed E-state index contributed by atoms with van der Waals surface area (Å²) in [6.07, 6.45) is 4.31. The Kier molecular flexibility index (Phi) is 2.48. The van der Waals surface area contributed by atoms with Crippen molar-refractivity contribution in [3.8, 4) is 0 Å². The molecule has 0 saturated carbocycles. The van der Waals surface area contributed by atoms with E-state index in [-0.39, 0.29) is 6.10 Å². The average Bonchev–Trinajstić information content (AvgIpc) is 2.79. The third kappa shape index (κ3) is 1.86. The molecule has 0 spiro atoms. The number of aliphatic hydroxyl groups is 1. The number of rotatable bonds is 1. The fraction of sp³-hybridized carbons (Fsp3) is 0.500. The number of piperidine rings is 1. The summed E-state index contributed by atoms with van der Waals surface area (Å²) in [5, 5.41) is 13.8. The summed E-state index contributed by atoms with van der Waals surface area (Å²) in [5.41, 5.74) is 0.862. The Morgan fingerprint density at radius 2 is 2.29 bits per heavy atom. The third-order valence-electron chi connectivity index (χ3n) is 3.43. The topological polar surface area (TPSA) is 53.7 Å². The van der Waals surface area contributed by atoms with Gasteiger partial charge in [-0.25, -0.2) is 9.50 Å². The van der Waals surface area contributed by atoms with E-state index >= 15 is 0 Å². The molecule has 1 saturated heterocycles. The van der Waals surface area contributed by atoms with E-state index in [4.69, 9.17) is 0 Å². The first kappa shape index (κ1) is 10.5. The Bertz CT molecular complexity index is 524. The van der Waals surface area contributed by atoms with Gasteiger partial charge in [0.2, 0.25) is 0 Å². The molecular formula is C12H16N4O. The van der Waals surface area contributed by atoms with Gasteiger partial charge in [0.1, 0.15) is 5.82 Å². The van der Waals surface area contributed by atoms with Gasteiger partial charge in [0, 0.05) is 25.4 Å². The zero-order valence-corrected chi connectivity index (χ0v) is 9.82. The molecule has 2 unspecified atom stereocenters. The molecule has 0 bridgehead atoms. The fourth-order valence-corrected chi connectivity index (χ4v) is 2.32. The molecular weight excluding hydrogens is 216 g/mol. The average molecular weight is 232 g/mol. The number of hydrogen-bond acceptors (Lipinski definition) is 4. The van der Waals surface area contributed by atoms with Crippen molar-refractivity contribution in [3.63, 3.8) is 0 Å². The molecule has 0 amide bonds. The summed E-state index contributed by atoms with van der Waals surface area (Å²) in [6.45, 7) is 3.80. The highest BCUT2D eigenvalue weighted by atomic mass is 16.3. The van der Waals surface area contributed by atoms with Crippen molar-refractivity contribution in [2.24, 2.45) is 5.92 Å². The van der Waals surface area contributed by atoms with Crippen molar-refractivity contribution >= 4 is 11.5 Å². The van der Waals surface area contributed by atoms with Crippen LogP contribution < -0.4 is 4.90 Å². The summed E-state index contributed by atoms with van der Waals surface area (Å²) in [7, 11) is 0. The first-order valence-electron chi connectivity index (χ1n) is 5.97. The molecule has 1 aliphatic rings. The predicted octanol–water partition coefficient (Wildman–Crippen LogP) is 0.936. The first-order chi connectivity index (χ1) is 8.24. The maximum Gasteiger partial charge on any atom is 0.157 e. The van der Waals surface area contributed by atoms with Gasteiger partial charge in [-0.05, 0) is 18.4 Å². The molecule has 17 heavy (non-hydrogen) atoms. The SMILES string of the molecule is CC1CN(c2ccn3nccc3n2)CCC1O. The van der Waals surface area contributed by atoms with Crippen LogP contribution in [0.3, 0.4) is 0 Å². The number of anilines is 1. The smallest absolute Gasteiger partial charge is 0.157 e. The van der Waals surface area contributed by atoms with E-state index in [9.17, 15) is 5.11 Å². The van der Waals surface area contributed by atoms with Gasteiger partial charge in [0.05, 0.1) is 12.3 Å². The summed E-state index contributed by atoms with van der Waals surface area (Å²) >= 11 is 0. The first-order valence-corrected chi connectivity index (χ1v) is 5.97. The summed E-state index contributed by atoms with van der Waals surface area (Å²) in [5.74, 6) is 1.27. The van der Waals surface area contributed by atoms with Crippen molar-refractivity contribution in [1.29, 1.82) is 0 Å². The molecule has 5 heteroatoms. The van der Waals surface area contributed by atoms with Gasteiger partial charge in [-0.15, -0.1) is 0 Å². The number of nitrogens with zero attached hydrogens (tertiary/aromatic N) is 4. The van der Waals surface area contributed by atoms with Crippen LogP contribution in [0.4, 0.5) is 5.82 Å². The Hall–Kier alpha value is -1.62. The van der Waals surface area contributed by atoms with Crippen molar-refractivity contribution < 1.29 is 5.11 Å². The van der Waals surface area contributed by atoms with Crippen molar-refractivity contribution in [2.75, 3.05) is 18.0 Å². The van der Waals surface area contributed by atoms with Crippen molar-refractivity contribution in [3.05, 3.63) is 24.5 Å². The monoisotopic (exact) mass is 232 g/mol. The van der Waals surface area contributed by atoms with E-state index in [0.717, 1.165) is 31.0 Å². The molecule has 1 aliphatic heterocycles. The highest BCUT2D eigenvalue weighted by molar-refractivity contribution is 5.47. The molecule has 1 N–H and O–H groups in total. The van der Waals surface area contributed by atoms with Crippen LogP contribution in [0.25, 0.3) is 5.65 Å². The van der Waals surface area contributed by atoms with E-state index in [0.29, 0.717) is 5.92 Å². The van der Waals surface area contributed by atoms with Gasteiger partial charge in [-0.1, -0.05) is 6.92 Å². The quantitative estimate of drug-likeness (QED) is 0.795. The lowest BCUT2D eigenvalue weighted by molar-refractivity contribution is 0.0969. The van der Waals surface area contributed by atoms with Gasteiger partial charge in [-0.3, -0.25) is 0 Å². The minimum atomic E-state index is -0.176. The van der Waals surface area contributed by atoms with Crippen LogP contribution in [0.15, 0.2) is 24.5 Å². The lowest BCUT2D eigenvalue weighted by Gasteiger charge is -2.35. The molecule has 2 aromatic heterocycles. The Balaban J connectivity index is 1.88. The maximum atomic E-state index is 9.72.